The van der Waals surface area contributed by atoms with Crippen LogP contribution in [0.3, 0.4) is 0 Å². The van der Waals surface area contributed by atoms with Gasteiger partial charge in [-0.15, -0.1) is 0 Å². The number of phenolic OH excluding ortho intramolecular Hbond substituents is 1. The van der Waals surface area contributed by atoms with Crippen molar-refractivity contribution in [3.63, 3.8) is 0 Å². The third kappa shape index (κ3) is 4.66. The number of alkyl halides is 3. The average Bonchev–Trinajstić information content (AvgIpc) is 3.20. The summed E-state index contributed by atoms with van der Waals surface area (Å²) in [4.78, 5) is 25.5. The van der Waals surface area contributed by atoms with Gasteiger partial charge in [0.1, 0.15) is 17.4 Å². The maximum Gasteiger partial charge on any atom is 0.416 e. The zero-order chi connectivity index (χ0) is 28.8. The number of aryl methyl sites for hydroxylation is 1. The monoisotopic (exact) mass is 551 g/mol. The molecule has 40 heavy (non-hydrogen) atoms. The van der Waals surface area contributed by atoms with Gasteiger partial charge in [-0.05, 0) is 66.6 Å². The van der Waals surface area contributed by atoms with Crippen molar-refractivity contribution in [1.82, 2.24) is 0 Å². The van der Waals surface area contributed by atoms with E-state index in [-0.39, 0.29) is 50.8 Å². The number of nitrogens with zero attached hydrogens (tertiary/aromatic N) is 2. The quantitative estimate of drug-likeness (QED) is 0.122. The summed E-state index contributed by atoms with van der Waals surface area (Å²) in [5, 5.41) is 14.9. The minimum Gasteiger partial charge on any atom is -0.505 e. The summed E-state index contributed by atoms with van der Waals surface area (Å²) in [5.41, 5.74) is 1.82. The van der Waals surface area contributed by atoms with Gasteiger partial charge in [-0.25, -0.2) is 8.78 Å². The molecule has 2 N–H and O–H groups in total. The van der Waals surface area contributed by atoms with E-state index in [4.69, 9.17) is 0 Å². The van der Waals surface area contributed by atoms with Crippen LogP contribution in [0.15, 0.2) is 77.9 Å². The minimum atomic E-state index is -4.70. The second-order valence-electron chi connectivity index (χ2n) is 8.93. The molecule has 5 rings (SSSR count). The van der Waals surface area contributed by atoms with E-state index in [1.165, 1.54) is 49.4 Å². The van der Waals surface area contributed by atoms with Gasteiger partial charge < -0.3 is 5.11 Å². The SMILES string of the molecule is Cc1ccc(N2C(=O)/C(=N\Nc3cccc(-c4ccc(F)c(C=O)c4)c3O)c3ccc(C(F)(F)F)cc32)cc1F. The van der Waals surface area contributed by atoms with Gasteiger partial charge in [0.2, 0.25) is 0 Å². The van der Waals surface area contributed by atoms with Crippen molar-refractivity contribution in [2.24, 2.45) is 5.10 Å². The molecular weight excluding hydrogens is 533 g/mol. The number of aromatic hydroxyl groups is 1. The molecule has 0 aliphatic carbocycles. The van der Waals surface area contributed by atoms with Gasteiger partial charge in [0, 0.05) is 11.1 Å². The Hall–Kier alpha value is -5.06. The number of carbonyl (C=O) groups is 2. The molecule has 0 unspecified atom stereocenters. The molecule has 1 aliphatic rings. The summed E-state index contributed by atoms with van der Waals surface area (Å²) in [7, 11) is 0. The molecule has 0 radical (unpaired) electrons. The van der Waals surface area contributed by atoms with Gasteiger partial charge in [0.15, 0.2) is 12.0 Å². The number of anilines is 3. The standard InChI is InChI=1S/C29H18F5N3O3/c1-15-5-8-19(13-23(15)31)37-25-12-18(29(32,33)34)7-9-21(25)26(28(37)40)36-35-24-4-2-3-20(27(24)39)16-6-10-22(30)17(11-16)14-38/h2-14,35,39H,1H3/b36-26-. The van der Waals surface area contributed by atoms with Crippen LogP contribution in [0.5, 0.6) is 5.75 Å². The first-order valence-corrected chi connectivity index (χ1v) is 11.7. The van der Waals surface area contributed by atoms with Gasteiger partial charge in [0.25, 0.3) is 5.91 Å². The van der Waals surface area contributed by atoms with Crippen LogP contribution in [0.1, 0.15) is 27.0 Å². The number of hydrogen-bond donors (Lipinski definition) is 2. The fraction of sp³-hybridized carbons (Fsp3) is 0.0690. The maximum atomic E-state index is 14.3. The van der Waals surface area contributed by atoms with Gasteiger partial charge in [-0.1, -0.05) is 24.3 Å². The van der Waals surface area contributed by atoms with Crippen molar-refractivity contribution in [3.8, 4) is 16.9 Å². The molecule has 0 spiro atoms. The van der Waals surface area contributed by atoms with Crippen LogP contribution in [0.2, 0.25) is 0 Å². The molecule has 6 nitrogen and oxygen atoms in total. The summed E-state index contributed by atoms with van der Waals surface area (Å²) in [6.45, 7) is 1.50. The Bertz CT molecular complexity index is 1720. The third-order valence-corrected chi connectivity index (χ3v) is 6.40. The highest BCUT2D eigenvalue weighted by molar-refractivity contribution is 6.55. The average molecular weight is 551 g/mol. The molecular formula is C29H18F5N3O3. The van der Waals surface area contributed by atoms with E-state index in [1.54, 1.807) is 0 Å². The number of rotatable bonds is 5. The maximum absolute atomic E-state index is 14.3. The van der Waals surface area contributed by atoms with Crippen LogP contribution in [0.25, 0.3) is 11.1 Å². The summed E-state index contributed by atoms with van der Waals surface area (Å²) in [5.74, 6) is -2.55. The molecule has 1 amide bonds. The lowest BCUT2D eigenvalue weighted by Gasteiger charge is -2.18. The number of phenols is 1. The van der Waals surface area contributed by atoms with Crippen molar-refractivity contribution in [3.05, 3.63) is 107 Å². The normalized spacial score (nSPS) is 14.0. The number of fused-ring (bicyclic) bond motifs is 1. The highest BCUT2D eigenvalue weighted by atomic mass is 19.4. The highest BCUT2D eigenvalue weighted by Crippen LogP contribution is 2.41. The van der Waals surface area contributed by atoms with Crippen molar-refractivity contribution in [2.75, 3.05) is 10.3 Å². The molecule has 0 saturated carbocycles. The van der Waals surface area contributed by atoms with Crippen LogP contribution >= 0.6 is 0 Å². The lowest BCUT2D eigenvalue weighted by Crippen LogP contribution is -2.26. The van der Waals surface area contributed by atoms with Crippen LogP contribution in [-0.2, 0) is 11.0 Å². The van der Waals surface area contributed by atoms with Crippen LogP contribution < -0.4 is 10.3 Å². The fourth-order valence-electron chi connectivity index (χ4n) is 4.29. The van der Waals surface area contributed by atoms with Crippen LogP contribution in [0.4, 0.5) is 39.0 Å². The number of carbonyl (C=O) groups excluding carboxylic acids is 2. The Labute approximate surface area is 224 Å². The molecule has 4 aromatic carbocycles. The highest BCUT2D eigenvalue weighted by Gasteiger charge is 2.39. The van der Waals surface area contributed by atoms with E-state index in [1.807, 2.05) is 0 Å². The van der Waals surface area contributed by atoms with Crippen LogP contribution in [-0.4, -0.2) is 23.0 Å². The van der Waals surface area contributed by atoms with Crippen molar-refractivity contribution in [2.45, 2.75) is 13.1 Å². The molecule has 202 valence electrons. The van der Waals surface area contributed by atoms with Gasteiger partial charge in [0.05, 0.1) is 28.2 Å². The Morgan fingerprint density at radius 3 is 2.40 bits per heavy atom. The second kappa shape index (κ2) is 9.92. The first kappa shape index (κ1) is 26.5. The summed E-state index contributed by atoms with van der Waals surface area (Å²) in [6, 6.07) is 14.7. The first-order chi connectivity index (χ1) is 19.0. The van der Waals surface area contributed by atoms with Gasteiger partial charge >= 0.3 is 6.18 Å². The molecule has 0 atom stereocenters. The van der Waals surface area contributed by atoms with E-state index in [0.29, 0.717) is 11.8 Å². The first-order valence-electron chi connectivity index (χ1n) is 11.7. The fourth-order valence-corrected chi connectivity index (χ4v) is 4.29. The number of aldehydes is 1. The van der Waals surface area contributed by atoms with Gasteiger partial charge in [-0.3, -0.25) is 19.9 Å². The zero-order valence-corrected chi connectivity index (χ0v) is 20.6. The number of para-hydroxylation sites is 1. The van der Waals surface area contributed by atoms with E-state index in [2.05, 4.69) is 10.5 Å². The number of amides is 1. The van der Waals surface area contributed by atoms with Gasteiger partial charge in [-0.2, -0.15) is 18.3 Å². The molecule has 0 bridgehead atoms. The number of hydrazone groups is 1. The summed E-state index contributed by atoms with van der Waals surface area (Å²) in [6.07, 6.45) is -4.36. The smallest absolute Gasteiger partial charge is 0.416 e. The Morgan fingerprint density at radius 1 is 0.925 bits per heavy atom. The molecule has 0 saturated heterocycles. The Balaban J connectivity index is 1.57. The van der Waals surface area contributed by atoms with Crippen molar-refractivity contribution in [1.29, 1.82) is 0 Å². The van der Waals surface area contributed by atoms with Crippen molar-refractivity contribution < 1.29 is 36.6 Å². The largest absolute Gasteiger partial charge is 0.505 e. The molecule has 1 aliphatic heterocycles. The predicted octanol–water partition coefficient (Wildman–Crippen LogP) is 6.97. The molecule has 11 heteroatoms. The molecule has 0 fully saturated rings. The van der Waals surface area contributed by atoms with Crippen molar-refractivity contribution >= 4 is 35.0 Å². The number of halogens is 5. The Morgan fingerprint density at radius 2 is 1.70 bits per heavy atom. The molecule has 0 aromatic heterocycles. The summed E-state index contributed by atoms with van der Waals surface area (Å²) < 4.78 is 68.5. The zero-order valence-electron chi connectivity index (χ0n) is 20.6. The van der Waals surface area contributed by atoms with E-state index < -0.39 is 29.3 Å². The number of nitrogens with one attached hydrogen (secondary N) is 1. The minimum absolute atomic E-state index is 0.00557. The molecule has 4 aromatic rings. The Kier molecular flexibility index (Phi) is 6.58. The lowest BCUT2D eigenvalue weighted by molar-refractivity contribution is -0.137. The van der Waals surface area contributed by atoms with Crippen LogP contribution in [0, 0.1) is 18.6 Å². The second-order valence-corrected chi connectivity index (χ2v) is 8.93. The van der Waals surface area contributed by atoms with E-state index in [0.717, 1.165) is 35.2 Å². The predicted molar refractivity (Wildman–Crippen MR) is 139 cm³/mol. The topological polar surface area (TPSA) is 82.0 Å². The van der Waals surface area contributed by atoms with E-state index >= 15 is 0 Å². The number of hydrogen-bond acceptors (Lipinski definition) is 5. The molecule has 1 heterocycles. The number of benzene rings is 4. The van der Waals surface area contributed by atoms with E-state index in [9.17, 15) is 36.6 Å². The summed E-state index contributed by atoms with van der Waals surface area (Å²) >= 11 is 0. The lowest BCUT2D eigenvalue weighted by atomic mass is 10.0. The third-order valence-electron chi connectivity index (χ3n) is 6.40.